The molecule has 0 aliphatic carbocycles. The van der Waals surface area contributed by atoms with Crippen LogP contribution in [0.15, 0.2) is 140 Å². The third kappa shape index (κ3) is 8.35. The molecule has 1 unspecified atom stereocenters. The average Bonchev–Trinajstić information content (AvgIpc) is 3.14. The minimum absolute atomic E-state index is 0.247. The lowest BCUT2D eigenvalue weighted by atomic mass is 9.95. The Balaban J connectivity index is 1.59. The van der Waals surface area contributed by atoms with E-state index in [0.29, 0.717) is 11.1 Å². The number of carbonyl (C=O) groups is 2. The van der Waals surface area contributed by atoms with Crippen molar-refractivity contribution < 1.29 is 54.1 Å². The number of hydrogen-bond acceptors (Lipinski definition) is 10. The van der Waals surface area contributed by atoms with Crippen molar-refractivity contribution >= 4 is 29.4 Å². The van der Waals surface area contributed by atoms with Crippen molar-refractivity contribution in [2.45, 2.75) is 29.9 Å². The van der Waals surface area contributed by atoms with Crippen LogP contribution >= 0.6 is 0 Å². The zero-order chi connectivity index (χ0) is 36.0. The minimum atomic E-state index is -6.39. The van der Waals surface area contributed by atoms with Crippen molar-refractivity contribution in [2.24, 2.45) is 0 Å². The highest BCUT2D eigenvalue weighted by atomic mass is 32.2. The zero-order valence-corrected chi connectivity index (χ0v) is 27.1. The van der Waals surface area contributed by atoms with E-state index in [9.17, 15) is 31.2 Å². The molecular weight excluding hydrogens is 690 g/mol. The highest BCUT2D eigenvalue weighted by Crippen LogP contribution is 2.41. The SMILES string of the molecule is O=C1OC(c2ccccc2)[C@@H](c2ccccc2)OB(OS(=O)(=O)C(F)(F)F)O[C@H](c2ccccc2)[C@@H](c2ccccc2)OC(=O)c2cccc1n2. The first kappa shape index (κ1) is 35.5. The van der Waals surface area contributed by atoms with E-state index in [-0.39, 0.29) is 22.5 Å². The lowest BCUT2D eigenvalue weighted by molar-refractivity contribution is -0.0668. The van der Waals surface area contributed by atoms with Crippen molar-refractivity contribution in [1.82, 2.24) is 4.98 Å². The number of ether oxygens (including phenoxy) is 2. The van der Waals surface area contributed by atoms with Crippen LogP contribution in [0.4, 0.5) is 13.2 Å². The summed E-state index contributed by atoms with van der Waals surface area (Å²) >= 11 is 0. The second-order valence-corrected chi connectivity index (χ2v) is 12.7. The number of fused-ring (bicyclic) bond motifs is 2. The maximum Gasteiger partial charge on any atom is 0.655 e. The second kappa shape index (κ2) is 15.3. The molecule has 2 heterocycles. The molecule has 0 spiro atoms. The van der Waals surface area contributed by atoms with Crippen LogP contribution in [0.2, 0.25) is 0 Å². The van der Waals surface area contributed by atoms with Crippen molar-refractivity contribution in [1.29, 1.82) is 0 Å². The molecule has 260 valence electrons. The van der Waals surface area contributed by atoms with Gasteiger partial charge in [-0.1, -0.05) is 127 Å². The molecule has 0 radical (unpaired) electrons. The number of cyclic esters (lactones) is 2. The topological polar surface area (TPSA) is 127 Å². The molecule has 4 atom stereocenters. The summed E-state index contributed by atoms with van der Waals surface area (Å²) in [5, 5.41) is 0. The number of pyridine rings is 1. The largest absolute Gasteiger partial charge is 0.655 e. The van der Waals surface area contributed by atoms with Crippen LogP contribution in [0, 0.1) is 0 Å². The van der Waals surface area contributed by atoms with Crippen LogP contribution in [0.3, 0.4) is 0 Å². The fourth-order valence-electron chi connectivity index (χ4n) is 5.32. The summed E-state index contributed by atoms with van der Waals surface area (Å²) in [5.41, 5.74) is -5.38. The molecule has 0 fully saturated rings. The van der Waals surface area contributed by atoms with E-state index in [0.717, 1.165) is 0 Å². The number of aromatic nitrogens is 1. The fraction of sp³-hybridized carbons (Fsp3) is 0.139. The number of nitrogens with zero attached hydrogens (tertiary/aromatic N) is 1. The van der Waals surface area contributed by atoms with E-state index in [2.05, 4.69) is 9.08 Å². The van der Waals surface area contributed by atoms with Crippen molar-refractivity contribution in [3.8, 4) is 0 Å². The Labute approximate surface area is 291 Å². The van der Waals surface area contributed by atoms with Gasteiger partial charge in [-0.3, -0.25) is 4.10 Å². The predicted molar refractivity (Wildman–Crippen MR) is 176 cm³/mol. The molecule has 5 aromatic rings. The van der Waals surface area contributed by atoms with Crippen LogP contribution in [0.1, 0.15) is 67.6 Å². The molecule has 1 aliphatic rings. The van der Waals surface area contributed by atoms with Gasteiger partial charge in [0.2, 0.25) is 0 Å². The van der Waals surface area contributed by atoms with Gasteiger partial charge in [0.15, 0.2) is 12.2 Å². The van der Waals surface area contributed by atoms with Crippen LogP contribution in [-0.4, -0.2) is 38.2 Å². The van der Waals surface area contributed by atoms with Crippen LogP contribution in [0.5, 0.6) is 0 Å². The van der Waals surface area contributed by atoms with E-state index in [1.165, 1.54) is 42.5 Å². The zero-order valence-electron chi connectivity index (χ0n) is 26.3. The Hall–Kier alpha value is -5.35. The van der Waals surface area contributed by atoms with Gasteiger partial charge in [0.1, 0.15) is 23.6 Å². The first-order valence-corrected chi connectivity index (χ1v) is 16.8. The standard InChI is InChI=1S/C36H27BF3NO9S/c38-36(39,40)51(44,45)50-37-48-32(26-18-9-3-10-19-26)30(24-14-5-1-6-15-24)46-34(42)28-22-13-23-29(41-28)35(43)47-31(25-16-7-2-8-17-25)33(49-37)27-20-11-4-12-21-27/h1-23,30-33H/t30-,31?,32-,33-/m1/s1. The summed E-state index contributed by atoms with van der Waals surface area (Å²) in [6.45, 7) is 0. The van der Waals surface area contributed by atoms with Gasteiger partial charge >= 0.3 is 34.9 Å². The number of rotatable bonds is 6. The van der Waals surface area contributed by atoms with E-state index in [1.807, 2.05) is 0 Å². The van der Waals surface area contributed by atoms with Crippen molar-refractivity contribution in [3.05, 3.63) is 173 Å². The maximum atomic E-state index is 13.9. The summed E-state index contributed by atoms with van der Waals surface area (Å²) < 4.78 is 95.6. The number of hydrogen-bond donors (Lipinski definition) is 0. The fourth-order valence-corrected chi connectivity index (χ4v) is 5.72. The molecule has 0 saturated carbocycles. The third-order valence-electron chi connectivity index (χ3n) is 7.70. The van der Waals surface area contributed by atoms with Gasteiger partial charge < -0.3 is 18.8 Å². The molecule has 4 aromatic carbocycles. The average molecular weight is 717 g/mol. The van der Waals surface area contributed by atoms with E-state index in [4.69, 9.17) is 18.8 Å². The molecule has 10 nitrogen and oxygen atoms in total. The number of benzene rings is 4. The van der Waals surface area contributed by atoms with Gasteiger partial charge in [-0.15, -0.1) is 0 Å². The number of alkyl halides is 3. The normalized spacial score (nSPS) is 20.5. The minimum Gasteiger partial charge on any atom is -0.450 e. The smallest absolute Gasteiger partial charge is 0.450 e. The molecular formula is C36H27BF3NO9S. The van der Waals surface area contributed by atoms with Crippen LogP contribution < -0.4 is 0 Å². The molecule has 0 amide bonds. The molecule has 1 aliphatic heterocycles. The van der Waals surface area contributed by atoms with Gasteiger partial charge in [0.05, 0.1) is 0 Å². The Morgan fingerprint density at radius 3 is 1.20 bits per heavy atom. The number of carbonyl (C=O) groups excluding carboxylic acids is 2. The summed E-state index contributed by atoms with van der Waals surface area (Å²) in [5.74, 6) is -2.08. The second-order valence-electron chi connectivity index (χ2n) is 11.1. The lowest BCUT2D eigenvalue weighted by Gasteiger charge is -2.33. The van der Waals surface area contributed by atoms with Crippen molar-refractivity contribution in [2.75, 3.05) is 0 Å². The predicted octanol–water partition coefficient (Wildman–Crippen LogP) is 7.26. The first-order chi connectivity index (χ1) is 24.5. The number of esters is 2. The van der Waals surface area contributed by atoms with E-state index >= 15 is 0 Å². The Morgan fingerprint density at radius 2 is 0.863 bits per heavy atom. The molecule has 1 aromatic heterocycles. The molecule has 51 heavy (non-hydrogen) atoms. The number of halogens is 3. The van der Waals surface area contributed by atoms with Gasteiger partial charge in [-0.2, -0.15) is 21.6 Å². The monoisotopic (exact) mass is 717 g/mol. The molecule has 6 rings (SSSR count). The summed E-state index contributed by atoms with van der Waals surface area (Å²) in [4.78, 5) is 31.6. The summed E-state index contributed by atoms with van der Waals surface area (Å²) in [7, 11) is -9.05. The van der Waals surface area contributed by atoms with E-state index < -0.39 is 59.3 Å². The first-order valence-electron chi connectivity index (χ1n) is 15.4. The van der Waals surface area contributed by atoms with Crippen LogP contribution in [0.25, 0.3) is 0 Å². The highest BCUT2D eigenvalue weighted by molar-refractivity contribution is 7.88. The van der Waals surface area contributed by atoms with Gasteiger partial charge in [0, 0.05) is 0 Å². The quantitative estimate of drug-likeness (QED) is 0.101. The summed E-state index contributed by atoms with van der Waals surface area (Å²) in [6.07, 6.45) is -6.01. The maximum absolute atomic E-state index is 13.9. The van der Waals surface area contributed by atoms with E-state index in [1.54, 1.807) is 97.1 Å². The molecule has 15 heteroatoms. The van der Waals surface area contributed by atoms with Gasteiger partial charge in [0.25, 0.3) is 0 Å². The Bertz CT molecular complexity index is 1940. The van der Waals surface area contributed by atoms with Gasteiger partial charge in [-0.05, 0) is 34.4 Å². The Morgan fingerprint density at radius 1 is 0.529 bits per heavy atom. The molecule has 0 saturated heterocycles. The van der Waals surface area contributed by atoms with Crippen LogP contribution in [-0.2, 0) is 33.0 Å². The highest BCUT2D eigenvalue weighted by Gasteiger charge is 2.52. The molecule has 0 N–H and O–H groups in total. The molecule has 2 bridgehead atoms. The Kier molecular flexibility index (Phi) is 10.6. The third-order valence-corrected chi connectivity index (χ3v) is 8.68. The van der Waals surface area contributed by atoms with Crippen molar-refractivity contribution in [3.63, 3.8) is 0 Å². The lowest BCUT2D eigenvalue weighted by Crippen LogP contribution is -2.40. The summed E-state index contributed by atoms with van der Waals surface area (Å²) in [6, 6.07) is 36.0. The van der Waals surface area contributed by atoms with Gasteiger partial charge in [-0.25, -0.2) is 14.6 Å².